The largest absolute Gasteiger partial charge is 0.459 e. The fourth-order valence-electron chi connectivity index (χ4n) is 2.47. The van der Waals surface area contributed by atoms with Crippen LogP contribution in [0.2, 0.25) is 0 Å². The van der Waals surface area contributed by atoms with Crippen LogP contribution in [-0.4, -0.2) is 4.98 Å². The fraction of sp³-hybridized carbons (Fsp3) is 0.188. The molecule has 2 heterocycles. The van der Waals surface area contributed by atoms with Crippen molar-refractivity contribution < 1.29 is 4.42 Å². The normalized spacial score (nSPS) is 12.8. The number of nitrogens with one attached hydrogen (secondary N) is 1. The molecule has 102 valence electrons. The Bertz CT molecular complexity index is 748. The maximum Gasteiger partial charge on any atom is 0.137 e. The van der Waals surface area contributed by atoms with Crippen LogP contribution in [0.1, 0.15) is 28.5 Å². The molecule has 2 aromatic heterocycles. The zero-order chi connectivity index (χ0) is 14.1. The topological polar surface area (TPSA) is 64.1 Å². The summed E-state index contributed by atoms with van der Waals surface area (Å²) in [6.45, 7) is 4.07. The number of hydrogen-bond donors (Lipinski definition) is 2. The van der Waals surface area contributed by atoms with Gasteiger partial charge in [-0.05, 0) is 42.7 Å². The number of rotatable bonds is 3. The number of aromatic nitrogens is 1. The predicted octanol–water partition coefficient (Wildman–Crippen LogP) is 3.00. The van der Waals surface area contributed by atoms with Gasteiger partial charge in [0.05, 0.1) is 0 Å². The third-order valence-electron chi connectivity index (χ3n) is 3.60. The van der Waals surface area contributed by atoms with Gasteiger partial charge in [0.15, 0.2) is 0 Å². The highest BCUT2D eigenvalue weighted by Crippen LogP contribution is 2.30. The molecule has 0 saturated carbocycles. The monoisotopic (exact) mass is 267 g/mol. The van der Waals surface area contributed by atoms with Crippen LogP contribution in [0, 0.1) is 13.8 Å². The van der Waals surface area contributed by atoms with E-state index < -0.39 is 0 Å². The van der Waals surface area contributed by atoms with Crippen LogP contribution in [0.4, 0.5) is 0 Å². The lowest BCUT2D eigenvalue weighted by atomic mass is 10.0. The van der Waals surface area contributed by atoms with Gasteiger partial charge in [-0.3, -0.25) is 10.8 Å². The summed E-state index contributed by atoms with van der Waals surface area (Å²) in [5.74, 6) is 6.53. The maximum absolute atomic E-state index is 5.99. The standard InChI is InChI=1S/C16H17N3O/c1-10-6-7-18-9-13(10)15(19-17)14-8-12-5-3-4-11(2)16(12)20-14/h3-9,15,19H,17H2,1-2H3. The molecular weight excluding hydrogens is 250 g/mol. The van der Waals surface area contributed by atoms with E-state index in [-0.39, 0.29) is 6.04 Å². The van der Waals surface area contributed by atoms with E-state index in [4.69, 9.17) is 10.3 Å². The van der Waals surface area contributed by atoms with Crippen LogP contribution < -0.4 is 11.3 Å². The van der Waals surface area contributed by atoms with Crippen molar-refractivity contribution in [1.29, 1.82) is 0 Å². The van der Waals surface area contributed by atoms with Crippen molar-refractivity contribution in [3.63, 3.8) is 0 Å². The zero-order valence-corrected chi connectivity index (χ0v) is 11.6. The number of para-hydroxylation sites is 1. The molecular formula is C16H17N3O. The minimum atomic E-state index is -0.199. The van der Waals surface area contributed by atoms with Crippen LogP contribution in [0.15, 0.2) is 47.1 Å². The Morgan fingerprint density at radius 1 is 1.20 bits per heavy atom. The first-order valence-electron chi connectivity index (χ1n) is 6.56. The number of pyridine rings is 1. The van der Waals surface area contributed by atoms with Gasteiger partial charge in [0.1, 0.15) is 17.4 Å². The second kappa shape index (κ2) is 5.07. The maximum atomic E-state index is 5.99. The fourth-order valence-corrected chi connectivity index (χ4v) is 2.47. The van der Waals surface area contributed by atoms with Crippen LogP contribution >= 0.6 is 0 Å². The molecule has 0 aliphatic carbocycles. The second-order valence-electron chi connectivity index (χ2n) is 4.97. The highest BCUT2D eigenvalue weighted by Gasteiger charge is 2.19. The Kier molecular flexibility index (Phi) is 3.26. The average molecular weight is 267 g/mol. The highest BCUT2D eigenvalue weighted by molar-refractivity contribution is 5.81. The van der Waals surface area contributed by atoms with Crippen LogP contribution in [-0.2, 0) is 0 Å². The van der Waals surface area contributed by atoms with Gasteiger partial charge in [-0.1, -0.05) is 18.2 Å². The molecule has 0 bridgehead atoms. The van der Waals surface area contributed by atoms with Crippen molar-refractivity contribution in [2.45, 2.75) is 19.9 Å². The first-order chi connectivity index (χ1) is 9.70. The van der Waals surface area contributed by atoms with E-state index in [0.717, 1.165) is 33.4 Å². The highest BCUT2D eigenvalue weighted by atomic mass is 16.3. The van der Waals surface area contributed by atoms with E-state index in [1.165, 1.54) is 0 Å². The van der Waals surface area contributed by atoms with E-state index in [1.54, 1.807) is 6.20 Å². The molecule has 1 unspecified atom stereocenters. The third-order valence-corrected chi connectivity index (χ3v) is 3.60. The van der Waals surface area contributed by atoms with E-state index in [1.807, 2.05) is 50.4 Å². The van der Waals surface area contributed by atoms with Gasteiger partial charge in [-0.15, -0.1) is 0 Å². The van der Waals surface area contributed by atoms with Crippen molar-refractivity contribution in [2.24, 2.45) is 5.84 Å². The Hall–Kier alpha value is -2.17. The summed E-state index contributed by atoms with van der Waals surface area (Å²) in [6.07, 6.45) is 3.59. The molecule has 1 aromatic carbocycles. The quantitative estimate of drug-likeness (QED) is 0.565. The van der Waals surface area contributed by atoms with Crippen LogP contribution in [0.3, 0.4) is 0 Å². The number of fused-ring (bicyclic) bond motifs is 1. The Labute approximate surface area is 117 Å². The van der Waals surface area contributed by atoms with Gasteiger partial charge in [0.2, 0.25) is 0 Å². The minimum absolute atomic E-state index is 0.199. The van der Waals surface area contributed by atoms with Crippen molar-refractivity contribution in [1.82, 2.24) is 10.4 Å². The molecule has 0 radical (unpaired) electrons. The SMILES string of the molecule is Cc1ccncc1C(NN)c1cc2cccc(C)c2o1. The first-order valence-corrected chi connectivity index (χ1v) is 6.56. The smallest absolute Gasteiger partial charge is 0.137 e. The lowest BCUT2D eigenvalue weighted by Gasteiger charge is -2.15. The van der Waals surface area contributed by atoms with E-state index in [9.17, 15) is 0 Å². The summed E-state index contributed by atoms with van der Waals surface area (Å²) in [4.78, 5) is 4.17. The summed E-state index contributed by atoms with van der Waals surface area (Å²) in [5, 5.41) is 1.08. The van der Waals surface area contributed by atoms with Crippen LogP contribution in [0.5, 0.6) is 0 Å². The molecule has 4 heteroatoms. The number of nitrogens with two attached hydrogens (primary N) is 1. The summed E-state index contributed by atoms with van der Waals surface area (Å²) in [5.41, 5.74) is 6.99. The zero-order valence-electron chi connectivity index (χ0n) is 11.6. The molecule has 3 rings (SSSR count). The Morgan fingerprint density at radius 2 is 2.05 bits per heavy atom. The molecule has 0 saturated heterocycles. The number of hydrazine groups is 1. The number of aryl methyl sites for hydroxylation is 2. The Balaban J connectivity index is 2.12. The molecule has 20 heavy (non-hydrogen) atoms. The van der Waals surface area contributed by atoms with Crippen LogP contribution in [0.25, 0.3) is 11.0 Å². The summed E-state index contributed by atoms with van der Waals surface area (Å²) in [6, 6.07) is 9.90. The van der Waals surface area contributed by atoms with Crippen molar-refractivity contribution in [2.75, 3.05) is 0 Å². The van der Waals surface area contributed by atoms with E-state index in [0.29, 0.717) is 0 Å². The van der Waals surface area contributed by atoms with E-state index in [2.05, 4.69) is 10.4 Å². The van der Waals surface area contributed by atoms with Gasteiger partial charge < -0.3 is 4.42 Å². The van der Waals surface area contributed by atoms with Crippen molar-refractivity contribution >= 4 is 11.0 Å². The third kappa shape index (κ3) is 2.09. The molecule has 4 nitrogen and oxygen atoms in total. The number of furan rings is 1. The molecule has 1 atom stereocenters. The average Bonchev–Trinajstić information content (AvgIpc) is 2.87. The molecule has 0 fully saturated rings. The summed E-state index contributed by atoms with van der Waals surface area (Å²) in [7, 11) is 0. The molecule has 3 aromatic rings. The number of hydrogen-bond acceptors (Lipinski definition) is 4. The lowest BCUT2D eigenvalue weighted by molar-refractivity contribution is 0.474. The number of benzene rings is 1. The molecule has 0 spiro atoms. The second-order valence-corrected chi connectivity index (χ2v) is 4.97. The minimum Gasteiger partial charge on any atom is -0.459 e. The van der Waals surface area contributed by atoms with E-state index >= 15 is 0 Å². The molecule has 0 amide bonds. The molecule has 0 aliphatic heterocycles. The summed E-state index contributed by atoms with van der Waals surface area (Å²) < 4.78 is 5.99. The van der Waals surface area contributed by atoms with Crippen molar-refractivity contribution in [3.05, 3.63) is 65.2 Å². The van der Waals surface area contributed by atoms with Gasteiger partial charge in [-0.2, -0.15) is 0 Å². The first kappa shape index (κ1) is 12.8. The lowest BCUT2D eigenvalue weighted by Crippen LogP contribution is -2.29. The van der Waals surface area contributed by atoms with Crippen molar-refractivity contribution in [3.8, 4) is 0 Å². The van der Waals surface area contributed by atoms with Gasteiger partial charge in [0, 0.05) is 17.8 Å². The molecule has 0 aliphatic rings. The van der Waals surface area contributed by atoms with Gasteiger partial charge in [0.25, 0.3) is 0 Å². The van der Waals surface area contributed by atoms with Gasteiger partial charge in [-0.25, -0.2) is 5.43 Å². The molecule has 3 N–H and O–H groups in total. The predicted molar refractivity (Wildman–Crippen MR) is 79.1 cm³/mol. The Morgan fingerprint density at radius 3 is 2.75 bits per heavy atom. The van der Waals surface area contributed by atoms with Gasteiger partial charge >= 0.3 is 0 Å². The summed E-state index contributed by atoms with van der Waals surface area (Å²) >= 11 is 0. The number of nitrogens with zero attached hydrogens (tertiary/aromatic N) is 1.